The first kappa shape index (κ1) is 16.7. The van der Waals surface area contributed by atoms with Crippen LogP contribution in [0.2, 0.25) is 5.02 Å². The van der Waals surface area contributed by atoms with Gasteiger partial charge < -0.3 is 14.6 Å². The highest BCUT2D eigenvalue weighted by atomic mass is 35.5. The van der Waals surface area contributed by atoms with Gasteiger partial charge in [0.15, 0.2) is 0 Å². The lowest BCUT2D eigenvalue weighted by Gasteiger charge is -2.07. The first-order chi connectivity index (χ1) is 12.0. The summed E-state index contributed by atoms with van der Waals surface area (Å²) in [6.45, 7) is 1.20. The number of rotatable bonds is 3. The minimum Gasteiger partial charge on any atom is -0.435 e. The molecule has 25 heavy (non-hydrogen) atoms. The molecule has 0 saturated carbocycles. The number of nitrogens with one attached hydrogen (secondary N) is 1. The molecule has 3 rings (SSSR count). The van der Waals surface area contributed by atoms with Gasteiger partial charge in [-0.2, -0.15) is 0 Å². The van der Waals surface area contributed by atoms with E-state index < -0.39 is 11.9 Å². The van der Waals surface area contributed by atoms with E-state index in [2.05, 4.69) is 15.3 Å². The molecule has 1 heterocycles. The number of carbonyl (C=O) groups excluding carboxylic acids is 2. The topological polar surface area (TPSA) is 80.9 Å². The van der Waals surface area contributed by atoms with Gasteiger partial charge in [-0.15, -0.1) is 0 Å². The molecule has 0 atom stereocenters. The molecular weight excluding hydrogens is 344 g/mol. The number of fused-ring (bicyclic) bond motifs is 1. The van der Waals surface area contributed by atoms with E-state index in [4.69, 9.17) is 16.0 Å². The number of para-hydroxylation sites is 2. The summed E-state index contributed by atoms with van der Waals surface area (Å²) in [5, 5.41) is 7.42. The van der Waals surface area contributed by atoms with E-state index in [9.17, 15) is 9.59 Å². The number of benzene rings is 2. The van der Waals surface area contributed by atoms with Gasteiger partial charge in [0.05, 0.1) is 10.7 Å². The maximum Gasteiger partial charge on any atom is 0.332 e. The summed E-state index contributed by atoms with van der Waals surface area (Å²) in [6.07, 6.45) is 0. The lowest BCUT2D eigenvalue weighted by Crippen LogP contribution is -2.22. The zero-order valence-electron chi connectivity index (χ0n) is 13.2. The second-order valence-electron chi connectivity index (χ2n) is 5.11. The van der Waals surface area contributed by atoms with E-state index in [1.807, 2.05) is 6.07 Å². The van der Waals surface area contributed by atoms with Crippen LogP contribution in [0.5, 0.6) is 0 Å². The van der Waals surface area contributed by atoms with E-state index in [0.717, 1.165) is 0 Å². The highest BCUT2D eigenvalue weighted by Crippen LogP contribution is 2.21. The molecular formula is C18H13ClN2O4. The van der Waals surface area contributed by atoms with Gasteiger partial charge in [-0.05, 0) is 29.4 Å². The molecule has 1 N–H and O–H groups in total. The standard InChI is InChI=1S/C18H13ClN2O4/c1-11(22)25-21-18-13(10-12-6-2-5-9-16(12)24-18)17(23)20-15-8-4-3-7-14(15)19/h2-10H,1H3,(H,20,23). The fourth-order valence-corrected chi connectivity index (χ4v) is 2.34. The average molecular weight is 357 g/mol. The van der Waals surface area contributed by atoms with Gasteiger partial charge in [-0.3, -0.25) is 4.79 Å². The number of amides is 1. The van der Waals surface area contributed by atoms with Crippen molar-refractivity contribution in [3.63, 3.8) is 0 Å². The Hall–Kier alpha value is -3.12. The van der Waals surface area contributed by atoms with E-state index in [1.54, 1.807) is 48.5 Å². The lowest BCUT2D eigenvalue weighted by molar-refractivity contribution is -0.141. The van der Waals surface area contributed by atoms with Crippen LogP contribution < -0.4 is 10.9 Å². The number of anilines is 1. The minimum atomic E-state index is -0.624. The van der Waals surface area contributed by atoms with Crippen LogP contribution in [0.15, 0.2) is 64.2 Å². The third-order valence-corrected chi connectivity index (χ3v) is 3.61. The molecule has 0 aliphatic rings. The molecule has 0 radical (unpaired) electrons. The van der Waals surface area contributed by atoms with Crippen molar-refractivity contribution < 1.29 is 18.8 Å². The van der Waals surface area contributed by atoms with Gasteiger partial charge >= 0.3 is 5.97 Å². The van der Waals surface area contributed by atoms with Gasteiger partial charge in [0.25, 0.3) is 11.5 Å². The second-order valence-corrected chi connectivity index (χ2v) is 5.52. The normalized spacial score (nSPS) is 11.4. The Morgan fingerprint density at radius 3 is 2.60 bits per heavy atom. The molecule has 0 saturated heterocycles. The van der Waals surface area contributed by atoms with Crippen molar-refractivity contribution in [3.8, 4) is 0 Å². The Morgan fingerprint density at radius 1 is 1.12 bits per heavy atom. The molecule has 126 valence electrons. The van der Waals surface area contributed by atoms with Crippen LogP contribution in [0.25, 0.3) is 11.0 Å². The summed E-state index contributed by atoms with van der Waals surface area (Å²) < 4.78 is 5.59. The summed E-state index contributed by atoms with van der Waals surface area (Å²) in [7, 11) is 0. The monoisotopic (exact) mass is 356 g/mol. The van der Waals surface area contributed by atoms with Crippen molar-refractivity contribution >= 4 is 40.1 Å². The van der Waals surface area contributed by atoms with E-state index in [1.165, 1.54) is 6.92 Å². The van der Waals surface area contributed by atoms with Crippen LogP contribution in [0.4, 0.5) is 5.69 Å². The molecule has 0 bridgehead atoms. The molecule has 1 amide bonds. The van der Waals surface area contributed by atoms with Crippen molar-refractivity contribution in [1.29, 1.82) is 0 Å². The zero-order chi connectivity index (χ0) is 17.8. The Bertz CT molecular complexity index is 1030. The summed E-state index contributed by atoms with van der Waals surface area (Å²) in [4.78, 5) is 28.3. The molecule has 0 aliphatic carbocycles. The fourth-order valence-electron chi connectivity index (χ4n) is 2.16. The van der Waals surface area contributed by atoms with Crippen LogP contribution in [-0.4, -0.2) is 11.9 Å². The summed E-state index contributed by atoms with van der Waals surface area (Å²) in [5.41, 5.74) is 0.946. The lowest BCUT2D eigenvalue weighted by atomic mass is 10.1. The summed E-state index contributed by atoms with van der Waals surface area (Å²) >= 11 is 6.06. The van der Waals surface area contributed by atoms with Gasteiger partial charge in [-0.25, -0.2) is 4.79 Å². The molecule has 0 aliphatic heterocycles. The smallest absolute Gasteiger partial charge is 0.332 e. The van der Waals surface area contributed by atoms with Gasteiger partial charge in [0.1, 0.15) is 11.1 Å². The van der Waals surface area contributed by atoms with Gasteiger partial charge in [0.2, 0.25) is 0 Å². The summed E-state index contributed by atoms with van der Waals surface area (Å²) in [5.74, 6) is -1.12. The van der Waals surface area contributed by atoms with Crippen LogP contribution in [-0.2, 0) is 9.63 Å². The SMILES string of the molecule is CC(=O)ON=c1oc2ccccc2cc1C(=O)Nc1ccccc1Cl. The van der Waals surface area contributed by atoms with Crippen molar-refractivity contribution in [2.45, 2.75) is 6.92 Å². The minimum absolute atomic E-state index is 0.111. The average Bonchev–Trinajstić information content (AvgIpc) is 2.61. The largest absolute Gasteiger partial charge is 0.435 e. The predicted molar refractivity (Wildman–Crippen MR) is 92.9 cm³/mol. The van der Waals surface area contributed by atoms with Crippen LogP contribution in [0.1, 0.15) is 17.3 Å². The highest BCUT2D eigenvalue weighted by Gasteiger charge is 2.14. The molecule has 0 unspecified atom stereocenters. The van der Waals surface area contributed by atoms with E-state index >= 15 is 0 Å². The van der Waals surface area contributed by atoms with Gasteiger partial charge in [0, 0.05) is 12.3 Å². The molecule has 3 aromatic rings. The first-order valence-corrected chi connectivity index (χ1v) is 7.73. The third-order valence-electron chi connectivity index (χ3n) is 3.28. The van der Waals surface area contributed by atoms with Crippen LogP contribution in [0, 0.1) is 0 Å². The Balaban J connectivity index is 2.07. The van der Waals surface area contributed by atoms with Crippen molar-refractivity contribution in [1.82, 2.24) is 0 Å². The molecule has 1 aromatic heterocycles. The molecule has 6 nitrogen and oxygen atoms in total. The maximum atomic E-state index is 12.6. The number of hydrogen-bond acceptors (Lipinski definition) is 5. The zero-order valence-corrected chi connectivity index (χ0v) is 13.9. The quantitative estimate of drug-likeness (QED) is 0.573. The van der Waals surface area contributed by atoms with Crippen molar-refractivity contribution in [2.24, 2.45) is 5.16 Å². The van der Waals surface area contributed by atoms with Gasteiger partial charge in [-0.1, -0.05) is 41.9 Å². The number of nitrogens with zero attached hydrogens (tertiary/aromatic N) is 1. The summed E-state index contributed by atoms with van der Waals surface area (Å²) in [6, 6.07) is 15.5. The first-order valence-electron chi connectivity index (χ1n) is 7.35. The van der Waals surface area contributed by atoms with E-state index in [0.29, 0.717) is 21.7 Å². The predicted octanol–water partition coefficient (Wildman–Crippen LogP) is 3.72. The molecule has 0 fully saturated rings. The van der Waals surface area contributed by atoms with Crippen molar-refractivity contribution in [3.05, 3.63) is 70.7 Å². The Kier molecular flexibility index (Phi) is 4.81. The molecule has 7 heteroatoms. The van der Waals surface area contributed by atoms with Crippen LogP contribution >= 0.6 is 11.6 Å². The second kappa shape index (κ2) is 7.19. The maximum absolute atomic E-state index is 12.6. The third kappa shape index (κ3) is 3.87. The Morgan fingerprint density at radius 2 is 1.84 bits per heavy atom. The van der Waals surface area contributed by atoms with Crippen molar-refractivity contribution in [2.75, 3.05) is 5.32 Å². The number of carbonyl (C=O) groups is 2. The molecule has 0 spiro atoms. The number of halogens is 1. The molecule has 2 aromatic carbocycles. The Labute approximate surface area is 147 Å². The van der Waals surface area contributed by atoms with Crippen LogP contribution in [0.3, 0.4) is 0 Å². The van der Waals surface area contributed by atoms with E-state index in [-0.39, 0.29) is 11.1 Å². The number of hydrogen-bond donors (Lipinski definition) is 1. The highest BCUT2D eigenvalue weighted by molar-refractivity contribution is 6.33. The fraction of sp³-hybridized carbons (Fsp3) is 0.0556.